The van der Waals surface area contributed by atoms with Gasteiger partial charge in [-0.1, -0.05) is 5.16 Å². The van der Waals surface area contributed by atoms with Crippen LogP contribution in [0.5, 0.6) is 0 Å². The molecule has 1 atom stereocenters. The summed E-state index contributed by atoms with van der Waals surface area (Å²) in [6.45, 7) is 4.75. The lowest BCUT2D eigenvalue weighted by molar-refractivity contribution is -0.141. The highest BCUT2D eigenvalue weighted by molar-refractivity contribution is 5.95. The van der Waals surface area contributed by atoms with Gasteiger partial charge in [0.1, 0.15) is 0 Å². The van der Waals surface area contributed by atoms with Crippen LogP contribution in [0.2, 0.25) is 0 Å². The molecule has 10 nitrogen and oxygen atoms in total. The van der Waals surface area contributed by atoms with Gasteiger partial charge in [-0.15, -0.1) is 0 Å². The van der Waals surface area contributed by atoms with Gasteiger partial charge in [0.25, 0.3) is 5.91 Å². The number of carbonyl (C=O) groups excluding carboxylic acids is 2. The summed E-state index contributed by atoms with van der Waals surface area (Å²) in [5.74, 6) is -1.01. The zero-order valence-electron chi connectivity index (χ0n) is 19.4. The molecule has 34 heavy (non-hydrogen) atoms. The van der Waals surface area contributed by atoms with E-state index in [1.54, 1.807) is 18.7 Å². The van der Waals surface area contributed by atoms with Crippen molar-refractivity contribution in [3.05, 3.63) is 17.5 Å². The molecule has 1 aromatic rings. The van der Waals surface area contributed by atoms with Crippen LogP contribution in [0.25, 0.3) is 0 Å². The van der Waals surface area contributed by atoms with Gasteiger partial charge in [-0.05, 0) is 26.7 Å². The number of nitrogens with one attached hydrogen (secondary N) is 1. The molecule has 0 spiro atoms. The number of oxime groups is 1. The Balaban J connectivity index is 1.63. The Bertz CT molecular complexity index is 914. The van der Waals surface area contributed by atoms with Crippen molar-refractivity contribution in [1.82, 2.24) is 20.2 Å². The smallest absolute Gasteiger partial charge is 0.434 e. The molecule has 0 aliphatic carbocycles. The zero-order valence-corrected chi connectivity index (χ0v) is 19.4. The molecule has 3 rings (SSSR count). The molecule has 2 aliphatic heterocycles. The summed E-state index contributed by atoms with van der Waals surface area (Å²) in [5, 5.41) is 6.38. The van der Waals surface area contributed by atoms with E-state index < -0.39 is 35.7 Å². The largest absolute Gasteiger partial charge is 0.447 e. The summed E-state index contributed by atoms with van der Waals surface area (Å²) < 4.78 is 45.6. The number of carbonyl (C=O) groups is 2. The third-order valence-corrected chi connectivity index (χ3v) is 5.46. The van der Waals surface area contributed by atoms with Crippen molar-refractivity contribution >= 4 is 23.7 Å². The first-order chi connectivity index (χ1) is 16.1. The first kappa shape index (κ1) is 25.5. The van der Waals surface area contributed by atoms with E-state index in [0.29, 0.717) is 38.9 Å². The Kier molecular flexibility index (Phi) is 8.15. The second-order valence-electron chi connectivity index (χ2n) is 8.34. The Morgan fingerprint density at radius 1 is 1.21 bits per heavy atom. The van der Waals surface area contributed by atoms with E-state index in [9.17, 15) is 22.8 Å². The number of aromatic nitrogens is 2. The number of likely N-dealkylation sites (tertiary alicyclic amines) is 1. The first-order valence-corrected chi connectivity index (χ1v) is 11.2. The van der Waals surface area contributed by atoms with E-state index in [-0.39, 0.29) is 12.1 Å². The van der Waals surface area contributed by atoms with Crippen molar-refractivity contribution in [3.63, 3.8) is 0 Å². The fraction of sp³-hybridized carbons (Fsp3) is 0.667. The van der Waals surface area contributed by atoms with Gasteiger partial charge in [-0.25, -0.2) is 14.8 Å². The van der Waals surface area contributed by atoms with Crippen molar-refractivity contribution in [3.8, 4) is 0 Å². The Morgan fingerprint density at radius 3 is 2.53 bits per heavy atom. The summed E-state index contributed by atoms with van der Waals surface area (Å²) >= 11 is 0. The molecule has 2 saturated heterocycles. The van der Waals surface area contributed by atoms with Gasteiger partial charge >= 0.3 is 12.3 Å². The predicted molar refractivity (Wildman–Crippen MR) is 116 cm³/mol. The number of halogens is 3. The van der Waals surface area contributed by atoms with Gasteiger partial charge in [-0.3, -0.25) is 9.69 Å². The molecular formula is C21H29F3N6O4. The normalized spacial score (nSPS) is 19.1. The van der Waals surface area contributed by atoms with Crippen molar-refractivity contribution in [2.45, 2.75) is 64.5 Å². The molecule has 0 bridgehead atoms. The van der Waals surface area contributed by atoms with E-state index in [2.05, 4.69) is 20.4 Å². The predicted octanol–water partition coefficient (Wildman–Crippen LogP) is 3.18. The molecule has 0 saturated carbocycles. The van der Waals surface area contributed by atoms with Crippen LogP contribution in [-0.2, 0) is 15.8 Å². The summed E-state index contributed by atoms with van der Waals surface area (Å²) in [7, 11) is 1.24. The maximum absolute atomic E-state index is 13.4. The third kappa shape index (κ3) is 6.26. The topological polar surface area (TPSA) is 109 Å². The molecule has 1 N–H and O–H groups in total. The Hall–Kier alpha value is -3.12. The third-order valence-electron chi connectivity index (χ3n) is 5.46. The highest BCUT2D eigenvalue weighted by atomic mass is 19.4. The molecule has 2 aliphatic rings. The molecule has 0 aromatic carbocycles. The van der Waals surface area contributed by atoms with Crippen LogP contribution in [0, 0.1) is 0 Å². The molecule has 0 radical (unpaired) electrons. The van der Waals surface area contributed by atoms with Gasteiger partial charge in [-0.2, -0.15) is 13.2 Å². The van der Waals surface area contributed by atoms with Crippen LogP contribution in [-0.4, -0.2) is 71.6 Å². The summed E-state index contributed by atoms with van der Waals surface area (Å²) in [6.07, 6.45) is -1.82. The van der Waals surface area contributed by atoms with Gasteiger partial charge in [0.2, 0.25) is 12.2 Å². The minimum absolute atomic E-state index is 0.102. The monoisotopic (exact) mass is 486 g/mol. The molecule has 1 unspecified atom stereocenters. The van der Waals surface area contributed by atoms with Crippen molar-refractivity contribution in [1.29, 1.82) is 0 Å². The first-order valence-electron chi connectivity index (χ1n) is 11.2. The fourth-order valence-electron chi connectivity index (χ4n) is 3.72. The average molecular weight is 486 g/mol. The minimum atomic E-state index is -4.79. The molecule has 188 valence electrons. The van der Waals surface area contributed by atoms with Crippen molar-refractivity contribution in [2.24, 2.45) is 5.16 Å². The summed E-state index contributed by atoms with van der Waals surface area (Å²) in [4.78, 5) is 40.5. The highest BCUT2D eigenvalue weighted by Crippen LogP contribution is 2.31. The number of anilines is 1. The Labute approximate surface area is 195 Å². The molecule has 3 heterocycles. The second kappa shape index (κ2) is 10.9. The highest BCUT2D eigenvalue weighted by Gasteiger charge is 2.38. The number of amides is 2. The van der Waals surface area contributed by atoms with Crippen LogP contribution < -0.4 is 10.2 Å². The molecule has 1 aromatic heterocycles. The number of hydrogen-bond donors (Lipinski definition) is 1. The Morgan fingerprint density at radius 2 is 1.91 bits per heavy atom. The lowest BCUT2D eigenvalue weighted by Crippen LogP contribution is -2.45. The lowest BCUT2D eigenvalue weighted by Gasteiger charge is -2.33. The van der Waals surface area contributed by atoms with Gasteiger partial charge < -0.3 is 19.8 Å². The molecule has 13 heteroatoms. The van der Waals surface area contributed by atoms with Gasteiger partial charge in [0.05, 0.1) is 17.4 Å². The standard InChI is InChI=1S/C21H29F3N6O4/c1-13(2)33-20(32)30-9-5-4-6-16(30)34-28-14-7-10-29(11-8-14)19-26-12-15(18(31)25-3)17(27-19)21(22,23)24/h12-13,16H,4-11H2,1-3H3,(H,25,31). The van der Waals surface area contributed by atoms with Crippen molar-refractivity contribution < 1.29 is 32.3 Å². The number of nitrogens with zero attached hydrogens (tertiary/aromatic N) is 5. The van der Waals surface area contributed by atoms with E-state index in [1.165, 1.54) is 11.9 Å². The molecule has 2 amide bonds. The van der Waals surface area contributed by atoms with Crippen LogP contribution in [0.3, 0.4) is 0 Å². The van der Waals surface area contributed by atoms with E-state index in [1.807, 2.05) is 0 Å². The van der Waals surface area contributed by atoms with Crippen molar-refractivity contribution in [2.75, 3.05) is 31.6 Å². The number of hydrogen-bond acceptors (Lipinski definition) is 8. The van der Waals surface area contributed by atoms with E-state index >= 15 is 0 Å². The summed E-state index contributed by atoms with van der Waals surface area (Å²) in [5.41, 5.74) is -1.17. The maximum atomic E-state index is 13.4. The summed E-state index contributed by atoms with van der Waals surface area (Å²) in [6, 6.07) is 0. The molecular weight excluding hydrogens is 457 g/mol. The SMILES string of the molecule is CNC(=O)c1cnc(N2CCC(=NOC3CCCCN3C(=O)OC(C)C)CC2)nc1C(F)(F)F. The van der Waals surface area contributed by atoms with Crippen LogP contribution in [0.4, 0.5) is 23.9 Å². The molecule has 2 fully saturated rings. The van der Waals surface area contributed by atoms with E-state index in [4.69, 9.17) is 9.57 Å². The quantitative estimate of drug-likeness (QED) is 0.637. The number of piperidine rings is 2. The minimum Gasteiger partial charge on any atom is -0.447 e. The van der Waals surface area contributed by atoms with Gasteiger partial charge in [0.15, 0.2) is 5.69 Å². The number of ether oxygens (including phenoxy) is 1. The van der Waals surface area contributed by atoms with E-state index in [0.717, 1.165) is 24.8 Å². The maximum Gasteiger partial charge on any atom is 0.434 e. The zero-order chi connectivity index (χ0) is 24.9. The van der Waals surface area contributed by atoms with Crippen LogP contribution in [0.1, 0.15) is 62.0 Å². The average Bonchev–Trinajstić information content (AvgIpc) is 2.81. The van der Waals surface area contributed by atoms with Crippen LogP contribution in [0.15, 0.2) is 11.4 Å². The number of alkyl halides is 3. The number of rotatable bonds is 5. The van der Waals surface area contributed by atoms with Gasteiger partial charge in [0, 0.05) is 52.1 Å². The van der Waals surface area contributed by atoms with Crippen LogP contribution >= 0.6 is 0 Å². The second-order valence-corrected chi connectivity index (χ2v) is 8.34. The lowest BCUT2D eigenvalue weighted by atomic mass is 10.1. The fourth-order valence-corrected chi connectivity index (χ4v) is 3.72.